The molecule has 0 rings (SSSR count). The molecule has 0 aliphatic heterocycles. The summed E-state index contributed by atoms with van der Waals surface area (Å²) in [6.07, 6.45) is 7.36. The van der Waals surface area contributed by atoms with E-state index in [0.717, 1.165) is 24.9 Å². The van der Waals surface area contributed by atoms with Gasteiger partial charge >= 0.3 is 0 Å². The fourth-order valence-corrected chi connectivity index (χ4v) is 2.57. The molecule has 0 radical (unpaired) electrons. The average molecular weight is 228 g/mol. The summed E-state index contributed by atoms with van der Waals surface area (Å²) < 4.78 is 0.143. The molecule has 0 aromatic rings. The number of rotatable bonds is 8. The highest BCUT2D eigenvalue weighted by Gasteiger charge is 2.22. The molecule has 1 atom stereocenters. The van der Waals surface area contributed by atoms with Gasteiger partial charge in [0.1, 0.15) is 6.29 Å². The van der Waals surface area contributed by atoms with Crippen LogP contribution >= 0.6 is 11.8 Å². The van der Waals surface area contributed by atoms with Crippen LogP contribution in [0.1, 0.15) is 53.4 Å². The zero-order valence-corrected chi connectivity index (χ0v) is 11.3. The standard InChI is InChI=1S/C13H24OS/c1-5-11-15-13(4,9-10-14)8-6-7-12(2)3/h7,10H,5-6,8-9,11H2,1-4H3. The monoisotopic (exact) mass is 228 g/mol. The van der Waals surface area contributed by atoms with Crippen LogP contribution in [0, 0.1) is 0 Å². The smallest absolute Gasteiger partial charge is 0.121 e. The first-order valence-electron chi connectivity index (χ1n) is 5.75. The minimum atomic E-state index is 0.143. The van der Waals surface area contributed by atoms with Crippen LogP contribution in [0.15, 0.2) is 11.6 Å². The second-order valence-corrected chi connectivity index (χ2v) is 6.17. The molecule has 0 saturated heterocycles. The minimum Gasteiger partial charge on any atom is -0.303 e. The first kappa shape index (κ1) is 14.8. The molecule has 2 heteroatoms. The summed E-state index contributed by atoms with van der Waals surface area (Å²) in [5.74, 6) is 1.15. The third kappa shape index (κ3) is 7.66. The van der Waals surface area contributed by atoms with Crippen LogP contribution in [0.4, 0.5) is 0 Å². The maximum Gasteiger partial charge on any atom is 0.121 e. The zero-order chi connectivity index (χ0) is 11.7. The number of aldehydes is 1. The lowest BCUT2D eigenvalue weighted by atomic mass is 10.0. The van der Waals surface area contributed by atoms with E-state index in [4.69, 9.17) is 0 Å². The highest BCUT2D eigenvalue weighted by atomic mass is 32.2. The van der Waals surface area contributed by atoms with Crippen molar-refractivity contribution in [2.45, 2.75) is 58.1 Å². The van der Waals surface area contributed by atoms with Gasteiger partial charge < -0.3 is 4.79 Å². The van der Waals surface area contributed by atoms with Crippen molar-refractivity contribution in [3.8, 4) is 0 Å². The number of carbonyl (C=O) groups is 1. The van der Waals surface area contributed by atoms with Crippen molar-refractivity contribution in [2.75, 3.05) is 5.75 Å². The Morgan fingerprint density at radius 1 is 1.40 bits per heavy atom. The quantitative estimate of drug-likeness (QED) is 0.457. The van der Waals surface area contributed by atoms with Crippen LogP contribution in [-0.4, -0.2) is 16.8 Å². The van der Waals surface area contributed by atoms with Crippen LogP contribution in [0.25, 0.3) is 0 Å². The lowest BCUT2D eigenvalue weighted by Gasteiger charge is -2.26. The van der Waals surface area contributed by atoms with Gasteiger partial charge in [0.15, 0.2) is 0 Å². The van der Waals surface area contributed by atoms with Crippen LogP contribution in [0.2, 0.25) is 0 Å². The minimum absolute atomic E-state index is 0.143. The van der Waals surface area contributed by atoms with E-state index in [1.165, 1.54) is 12.0 Å². The van der Waals surface area contributed by atoms with Crippen molar-refractivity contribution in [1.29, 1.82) is 0 Å². The predicted molar refractivity (Wildman–Crippen MR) is 70.5 cm³/mol. The third-order valence-electron chi connectivity index (χ3n) is 2.40. The first-order chi connectivity index (χ1) is 7.04. The molecule has 0 amide bonds. The molecule has 0 spiro atoms. The number of hydrogen-bond acceptors (Lipinski definition) is 2. The van der Waals surface area contributed by atoms with E-state index in [2.05, 4.69) is 33.8 Å². The molecule has 0 fully saturated rings. The molecule has 88 valence electrons. The molecule has 0 saturated carbocycles. The van der Waals surface area contributed by atoms with Gasteiger partial charge in [-0.15, -0.1) is 0 Å². The van der Waals surface area contributed by atoms with Gasteiger partial charge in [-0.2, -0.15) is 11.8 Å². The summed E-state index contributed by atoms with van der Waals surface area (Å²) in [6.45, 7) is 8.64. The van der Waals surface area contributed by atoms with Gasteiger partial charge in [0.25, 0.3) is 0 Å². The van der Waals surface area contributed by atoms with Gasteiger partial charge in [0, 0.05) is 11.2 Å². The molecule has 0 N–H and O–H groups in total. The zero-order valence-electron chi connectivity index (χ0n) is 10.5. The predicted octanol–water partition coefficient (Wildman–Crippen LogP) is 4.22. The van der Waals surface area contributed by atoms with Crippen LogP contribution in [0.3, 0.4) is 0 Å². The van der Waals surface area contributed by atoms with E-state index < -0.39 is 0 Å². The number of allylic oxidation sites excluding steroid dienone is 2. The Balaban J connectivity index is 4.11. The highest BCUT2D eigenvalue weighted by Crippen LogP contribution is 2.33. The van der Waals surface area contributed by atoms with Gasteiger partial charge in [-0.3, -0.25) is 0 Å². The van der Waals surface area contributed by atoms with Crippen molar-refractivity contribution in [3.63, 3.8) is 0 Å². The molecular formula is C13H24OS. The summed E-state index contributed by atoms with van der Waals surface area (Å²) in [5.41, 5.74) is 1.36. The van der Waals surface area contributed by atoms with Gasteiger partial charge in [-0.1, -0.05) is 25.5 Å². The molecule has 0 bridgehead atoms. The van der Waals surface area contributed by atoms with E-state index in [1.54, 1.807) is 0 Å². The SMILES string of the molecule is CCCSC(C)(CC=O)CCC=C(C)C. The van der Waals surface area contributed by atoms with E-state index in [-0.39, 0.29) is 4.75 Å². The highest BCUT2D eigenvalue weighted by molar-refractivity contribution is 8.00. The largest absolute Gasteiger partial charge is 0.303 e. The lowest BCUT2D eigenvalue weighted by molar-refractivity contribution is -0.108. The molecule has 1 unspecified atom stereocenters. The first-order valence-corrected chi connectivity index (χ1v) is 6.73. The van der Waals surface area contributed by atoms with Crippen molar-refractivity contribution in [1.82, 2.24) is 0 Å². The molecule has 15 heavy (non-hydrogen) atoms. The average Bonchev–Trinajstić information content (AvgIpc) is 2.15. The molecule has 0 heterocycles. The van der Waals surface area contributed by atoms with Crippen LogP contribution in [0.5, 0.6) is 0 Å². The van der Waals surface area contributed by atoms with Crippen molar-refractivity contribution >= 4 is 18.0 Å². The van der Waals surface area contributed by atoms with Crippen molar-refractivity contribution < 1.29 is 4.79 Å². The Morgan fingerprint density at radius 2 is 2.07 bits per heavy atom. The second kappa shape index (κ2) is 7.98. The number of hydrogen-bond donors (Lipinski definition) is 0. The second-order valence-electron chi connectivity index (χ2n) is 4.49. The summed E-state index contributed by atoms with van der Waals surface area (Å²) in [5, 5.41) is 0. The van der Waals surface area contributed by atoms with Crippen LogP contribution in [-0.2, 0) is 4.79 Å². The Hall–Kier alpha value is -0.240. The number of thioether (sulfide) groups is 1. The van der Waals surface area contributed by atoms with Gasteiger partial charge in [0.05, 0.1) is 0 Å². The molecule has 0 aromatic carbocycles. The molecule has 0 aromatic heterocycles. The summed E-state index contributed by atoms with van der Waals surface area (Å²) >= 11 is 1.94. The van der Waals surface area contributed by atoms with Gasteiger partial charge in [-0.05, 0) is 38.9 Å². The van der Waals surface area contributed by atoms with Gasteiger partial charge in [0.2, 0.25) is 0 Å². The fourth-order valence-electron chi connectivity index (χ4n) is 1.42. The van der Waals surface area contributed by atoms with Crippen molar-refractivity contribution in [2.24, 2.45) is 0 Å². The van der Waals surface area contributed by atoms with Gasteiger partial charge in [-0.25, -0.2) is 0 Å². The summed E-state index contributed by atoms with van der Waals surface area (Å²) in [6, 6.07) is 0. The maximum absolute atomic E-state index is 10.7. The Kier molecular flexibility index (Phi) is 7.85. The fraction of sp³-hybridized carbons (Fsp3) is 0.769. The Labute approximate surface area is 98.7 Å². The summed E-state index contributed by atoms with van der Waals surface area (Å²) in [4.78, 5) is 10.7. The van der Waals surface area contributed by atoms with Crippen molar-refractivity contribution in [3.05, 3.63) is 11.6 Å². The van der Waals surface area contributed by atoms with E-state index in [0.29, 0.717) is 6.42 Å². The van der Waals surface area contributed by atoms with E-state index in [9.17, 15) is 4.79 Å². The van der Waals surface area contributed by atoms with E-state index >= 15 is 0 Å². The van der Waals surface area contributed by atoms with Crippen LogP contribution < -0.4 is 0 Å². The van der Waals surface area contributed by atoms with E-state index in [1.807, 2.05) is 11.8 Å². The normalized spacial score (nSPS) is 14.4. The third-order valence-corrected chi connectivity index (χ3v) is 4.08. The molecule has 1 nitrogen and oxygen atoms in total. The molecule has 0 aliphatic carbocycles. The molecule has 0 aliphatic rings. The lowest BCUT2D eigenvalue weighted by Crippen LogP contribution is -2.21. The Bertz CT molecular complexity index is 207. The topological polar surface area (TPSA) is 17.1 Å². The maximum atomic E-state index is 10.7. The molecular weight excluding hydrogens is 204 g/mol. The Morgan fingerprint density at radius 3 is 2.53 bits per heavy atom. The number of carbonyl (C=O) groups excluding carboxylic acids is 1. The summed E-state index contributed by atoms with van der Waals surface area (Å²) in [7, 11) is 0.